The van der Waals surface area contributed by atoms with E-state index in [-0.39, 0.29) is 17.5 Å². The molecular formula is C23H19N3O3. The van der Waals surface area contributed by atoms with Crippen molar-refractivity contribution in [3.63, 3.8) is 0 Å². The molecule has 0 fully saturated rings. The lowest BCUT2D eigenvalue weighted by molar-refractivity contribution is -0.384. The van der Waals surface area contributed by atoms with Gasteiger partial charge in [0.2, 0.25) is 0 Å². The molecule has 1 heterocycles. The van der Waals surface area contributed by atoms with Crippen LogP contribution in [-0.4, -0.2) is 22.4 Å². The molecule has 1 aromatic heterocycles. The van der Waals surface area contributed by atoms with Gasteiger partial charge in [0.1, 0.15) is 0 Å². The number of nitro groups is 1. The van der Waals surface area contributed by atoms with Crippen LogP contribution in [0.5, 0.6) is 0 Å². The lowest BCUT2D eigenvalue weighted by Gasteiger charge is -2.18. The van der Waals surface area contributed by atoms with E-state index >= 15 is 0 Å². The summed E-state index contributed by atoms with van der Waals surface area (Å²) in [5.41, 5.74) is 3.60. The molecule has 1 atom stereocenters. The second-order valence-corrected chi connectivity index (χ2v) is 6.77. The van der Waals surface area contributed by atoms with Crippen LogP contribution in [0.2, 0.25) is 0 Å². The number of nitrogens with one attached hydrogen (secondary N) is 2. The van der Waals surface area contributed by atoms with E-state index < -0.39 is 4.92 Å². The number of para-hydroxylation sites is 1. The van der Waals surface area contributed by atoms with Gasteiger partial charge in [0.25, 0.3) is 11.6 Å². The summed E-state index contributed by atoms with van der Waals surface area (Å²) < 4.78 is 0. The van der Waals surface area contributed by atoms with E-state index in [9.17, 15) is 14.9 Å². The summed E-state index contributed by atoms with van der Waals surface area (Å²) in [6.45, 7) is 0.404. The van der Waals surface area contributed by atoms with Crippen LogP contribution in [0.4, 0.5) is 5.69 Å². The molecule has 0 bridgehead atoms. The van der Waals surface area contributed by atoms with Gasteiger partial charge in [-0.05, 0) is 29.3 Å². The van der Waals surface area contributed by atoms with Gasteiger partial charge in [-0.25, -0.2) is 0 Å². The number of H-pyrrole nitrogens is 1. The Kier molecular flexibility index (Phi) is 5.07. The summed E-state index contributed by atoms with van der Waals surface area (Å²) in [4.78, 5) is 26.2. The van der Waals surface area contributed by atoms with Gasteiger partial charge in [-0.3, -0.25) is 14.9 Å². The molecule has 6 heteroatoms. The Morgan fingerprint density at radius 1 is 0.966 bits per heavy atom. The van der Waals surface area contributed by atoms with Crippen molar-refractivity contribution < 1.29 is 9.72 Å². The van der Waals surface area contributed by atoms with Crippen LogP contribution < -0.4 is 5.32 Å². The zero-order valence-corrected chi connectivity index (χ0v) is 15.5. The third kappa shape index (κ3) is 3.87. The van der Waals surface area contributed by atoms with Gasteiger partial charge in [0.15, 0.2) is 0 Å². The Bertz CT molecular complexity index is 1150. The van der Waals surface area contributed by atoms with E-state index in [4.69, 9.17) is 0 Å². The lowest BCUT2D eigenvalue weighted by atomic mass is 9.91. The van der Waals surface area contributed by atoms with Gasteiger partial charge >= 0.3 is 0 Å². The van der Waals surface area contributed by atoms with Crippen molar-refractivity contribution in [2.24, 2.45) is 0 Å². The van der Waals surface area contributed by atoms with Crippen molar-refractivity contribution >= 4 is 22.5 Å². The minimum Gasteiger partial charge on any atom is -0.361 e. The van der Waals surface area contributed by atoms with Crippen molar-refractivity contribution in [2.45, 2.75) is 5.92 Å². The maximum absolute atomic E-state index is 12.6. The zero-order chi connectivity index (χ0) is 20.2. The largest absolute Gasteiger partial charge is 0.361 e. The Hall–Kier alpha value is -3.93. The highest BCUT2D eigenvalue weighted by Crippen LogP contribution is 2.30. The molecule has 0 aliphatic carbocycles. The quantitative estimate of drug-likeness (QED) is 0.374. The first-order valence-electron chi connectivity index (χ1n) is 9.27. The summed E-state index contributed by atoms with van der Waals surface area (Å²) >= 11 is 0. The SMILES string of the molecule is O=C(NCC(c1ccccc1)c1c[nH]c2ccccc12)c1ccc([N+](=O)[O-])cc1. The number of fused-ring (bicyclic) bond motifs is 1. The maximum atomic E-state index is 12.6. The average Bonchev–Trinajstić information content (AvgIpc) is 3.19. The first kappa shape index (κ1) is 18.4. The number of aromatic amines is 1. The summed E-state index contributed by atoms with van der Waals surface area (Å²) in [7, 11) is 0. The van der Waals surface area contributed by atoms with E-state index in [1.165, 1.54) is 24.3 Å². The molecule has 1 amide bonds. The molecular weight excluding hydrogens is 366 g/mol. The molecule has 0 saturated heterocycles. The van der Waals surface area contributed by atoms with Crippen LogP contribution in [0.15, 0.2) is 85.1 Å². The number of amides is 1. The molecule has 1 unspecified atom stereocenters. The Morgan fingerprint density at radius 2 is 1.66 bits per heavy atom. The molecule has 29 heavy (non-hydrogen) atoms. The van der Waals surface area contributed by atoms with Gasteiger partial charge in [-0.15, -0.1) is 0 Å². The molecule has 0 aliphatic rings. The van der Waals surface area contributed by atoms with Crippen LogP contribution in [0.1, 0.15) is 27.4 Å². The minimum atomic E-state index is -0.482. The highest BCUT2D eigenvalue weighted by Gasteiger charge is 2.19. The number of rotatable bonds is 6. The smallest absolute Gasteiger partial charge is 0.269 e. The lowest BCUT2D eigenvalue weighted by Crippen LogP contribution is -2.28. The zero-order valence-electron chi connectivity index (χ0n) is 15.5. The standard InChI is InChI=1S/C23H19N3O3/c27-23(17-10-12-18(13-11-17)26(28)29)25-14-20(16-6-2-1-3-7-16)21-15-24-22-9-5-4-8-19(21)22/h1-13,15,20,24H,14H2,(H,25,27). The first-order chi connectivity index (χ1) is 14.1. The molecule has 0 radical (unpaired) electrons. The predicted molar refractivity (Wildman–Crippen MR) is 112 cm³/mol. The monoisotopic (exact) mass is 385 g/mol. The second kappa shape index (κ2) is 7.98. The molecule has 0 spiro atoms. The number of nitro benzene ring substituents is 1. The number of hydrogen-bond donors (Lipinski definition) is 2. The highest BCUT2D eigenvalue weighted by atomic mass is 16.6. The van der Waals surface area contributed by atoms with Gasteiger partial charge in [0.05, 0.1) is 4.92 Å². The molecule has 0 saturated carbocycles. The summed E-state index contributed by atoms with van der Waals surface area (Å²) in [6, 6.07) is 23.7. The predicted octanol–water partition coefficient (Wildman–Crippen LogP) is 4.64. The number of carbonyl (C=O) groups excluding carboxylic acids is 1. The fraction of sp³-hybridized carbons (Fsp3) is 0.0870. The van der Waals surface area contributed by atoms with E-state index in [2.05, 4.69) is 16.4 Å². The Morgan fingerprint density at radius 3 is 2.38 bits per heavy atom. The van der Waals surface area contributed by atoms with Crippen molar-refractivity contribution in [1.29, 1.82) is 0 Å². The van der Waals surface area contributed by atoms with Gasteiger partial charge in [-0.1, -0.05) is 48.5 Å². The molecule has 2 N–H and O–H groups in total. The normalized spacial score (nSPS) is 11.9. The van der Waals surface area contributed by atoms with Crippen LogP contribution >= 0.6 is 0 Å². The topological polar surface area (TPSA) is 88.0 Å². The van der Waals surface area contributed by atoms with E-state index in [1.807, 2.05) is 54.7 Å². The molecule has 4 rings (SSSR count). The van der Waals surface area contributed by atoms with Crippen molar-refractivity contribution in [2.75, 3.05) is 6.54 Å². The molecule has 4 aromatic rings. The van der Waals surface area contributed by atoms with Gasteiger partial charge in [0, 0.05) is 47.3 Å². The number of carbonyl (C=O) groups is 1. The van der Waals surface area contributed by atoms with E-state index in [0.717, 1.165) is 22.0 Å². The number of hydrogen-bond acceptors (Lipinski definition) is 3. The second-order valence-electron chi connectivity index (χ2n) is 6.77. The number of non-ortho nitro benzene ring substituents is 1. The van der Waals surface area contributed by atoms with Crippen LogP contribution in [0, 0.1) is 10.1 Å². The third-order valence-electron chi connectivity index (χ3n) is 5.01. The molecule has 144 valence electrons. The summed E-state index contributed by atoms with van der Waals surface area (Å²) in [5, 5.41) is 14.9. The van der Waals surface area contributed by atoms with Crippen molar-refractivity contribution in [3.8, 4) is 0 Å². The van der Waals surface area contributed by atoms with Crippen molar-refractivity contribution in [3.05, 3.63) is 112 Å². The summed E-state index contributed by atoms with van der Waals surface area (Å²) in [5.74, 6) is -0.296. The van der Waals surface area contributed by atoms with Gasteiger partial charge < -0.3 is 10.3 Å². The molecule has 3 aromatic carbocycles. The third-order valence-corrected chi connectivity index (χ3v) is 5.01. The van der Waals surface area contributed by atoms with E-state index in [0.29, 0.717) is 12.1 Å². The van der Waals surface area contributed by atoms with Crippen molar-refractivity contribution in [1.82, 2.24) is 10.3 Å². The first-order valence-corrected chi connectivity index (χ1v) is 9.27. The van der Waals surface area contributed by atoms with Gasteiger partial charge in [-0.2, -0.15) is 0 Å². The minimum absolute atomic E-state index is 0.0330. The highest BCUT2D eigenvalue weighted by molar-refractivity contribution is 5.94. The number of aromatic nitrogens is 1. The maximum Gasteiger partial charge on any atom is 0.269 e. The van der Waals surface area contributed by atoms with Crippen LogP contribution in [0.3, 0.4) is 0 Å². The van der Waals surface area contributed by atoms with Crippen LogP contribution in [-0.2, 0) is 0 Å². The molecule has 0 aliphatic heterocycles. The fourth-order valence-corrected chi connectivity index (χ4v) is 3.51. The Balaban J connectivity index is 1.59. The van der Waals surface area contributed by atoms with Crippen LogP contribution in [0.25, 0.3) is 10.9 Å². The molecule has 6 nitrogen and oxygen atoms in total. The number of nitrogens with zero attached hydrogens (tertiary/aromatic N) is 1. The van der Waals surface area contributed by atoms with E-state index in [1.54, 1.807) is 0 Å². The number of benzene rings is 3. The summed E-state index contributed by atoms with van der Waals surface area (Å²) in [6.07, 6.45) is 1.99. The average molecular weight is 385 g/mol. The fourth-order valence-electron chi connectivity index (χ4n) is 3.51. The Labute approximate surface area is 167 Å².